The molecule has 0 aliphatic heterocycles. The molecule has 2 aromatic rings. The Balaban J connectivity index is 1.57. The van der Waals surface area contributed by atoms with Crippen LogP contribution in [0.1, 0.15) is 29.3 Å². The summed E-state index contributed by atoms with van der Waals surface area (Å²) < 4.78 is 1.67. The molecule has 1 heterocycles. The topological polar surface area (TPSA) is 72.9 Å². The van der Waals surface area contributed by atoms with Crippen LogP contribution >= 0.6 is 0 Å². The smallest absolute Gasteiger partial charge is 0.241 e. The summed E-state index contributed by atoms with van der Waals surface area (Å²) in [5, 5.41) is 7.35. The lowest BCUT2D eigenvalue weighted by Crippen LogP contribution is -2.30. The summed E-state index contributed by atoms with van der Waals surface area (Å²) in [5.41, 5.74) is 9.45. The van der Waals surface area contributed by atoms with Gasteiger partial charge in [0, 0.05) is 12.0 Å². The number of carbonyl (C=O) groups is 1. The summed E-state index contributed by atoms with van der Waals surface area (Å²) in [4.78, 5) is 12.1. The van der Waals surface area contributed by atoms with E-state index in [1.165, 1.54) is 5.56 Å². The minimum absolute atomic E-state index is 0.0102. The van der Waals surface area contributed by atoms with Gasteiger partial charge in [-0.15, -0.1) is 0 Å². The number of nitrogens with zero attached hydrogens (tertiary/aromatic N) is 2. The maximum atomic E-state index is 12.1. The summed E-state index contributed by atoms with van der Waals surface area (Å²) in [6.07, 6.45) is 1.01. The van der Waals surface area contributed by atoms with Crippen LogP contribution in [0, 0.1) is 13.8 Å². The minimum atomic E-state index is -0.0102. The molecule has 3 N–H and O–H groups in total. The predicted molar refractivity (Wildman–Crippen MR) is 81.8 cm³/mol. The van der Waals surface area contributed by atoms with Crippen LogP contribution in [-0.2, 0) is 11.3 Å². The molecule has 1 fully saturated rings. The molecule has 2 atom stereocenters. The van der Waals surface area contributed by atoms with Crippen molar-refractivity contribution in [3.63, 3.8) is 0 Å². The number of rotatable bonds is 4. The van der Waals surface area contributed by atoms with Crippen LogP contribution in [0.2, 0.25) is 0 Å². The van der Waals surface area contributed by atoms with E-state index in [0.717, 1.165) is 17.8 Å². The molecule has 0 bridgehead atoms. The van der Waals surface area contributed by atoms with Crippen molar-refractivity contribution in [3.05, 3.63) is 47.3 Å². The minimum Gasteiger partial charge on any atom is -0.396 e. The number of aryl methyl sites for hydroxylation is 1. The first-order chi connectivity index (χ1) is 10.1. The van der Waals surface area contributed by atoms with E-state index in [9.17, 15) is 4.79 Å². The van der Waals surface area contributed by atoms with E-state index in [0.29, 0.717) is 11.6 Å². The first-order valence-electron chi connectivity index (χ1n) is 7.20. The van der Waals surface area contributed by atoms with Gasteiger partial charge in [-0.2, -0.15) is 5.10 Å². The Morgan fingerprint density at radius 1 is 1.38 bits per heavy atom. The van der Waals surface area contributed by atoms with Crippen LogP contribution in [0.5, 0.6) is 0 Å². The van der Waals surface area contributed by atoms with Crippen LogP contribution < -0.4 is 11.1 Å². The van der Waals surface area contributed by atoms with E-state index in [1.54, 1.807) is 4.68 Å². The van der Waals surface area contributed by atoms with Crippen molar-refractivity contribution < 1.29 is 4.79 Å². The molecule has 110 valence electrons. The lowest BCUT2D eigenvalue weighted by Gasteiger charge is -2.07. The molecule has 3 rings (SSSR count). The fourth-order valence-corrected chi connectivity index (χ4v) is 2.68. The third kappa shape index (κ3) is 2.77. The third-order valence-corrected chi connectivity index (χ3v) is 4.10. The molecular formula is C16H20N4O. The number of amides is 1. The number of nitrogens with one attached hydrogen (secondary N) is 1. The second-order valence-corrected chi connectivity index (χ2v) is 5.67. The van der Waals surface area contributed by atoms with Crippen molar-refractivity contribution in [3.8, 4) is 0 Å². The largest absolute Gasteiger partial charge is 0.396 e. The molecule has 1 aliphatic rings. The molecule has 1 saturated carbocycles. The summed E-state index contributed by atoms with van der Waals surface area (Å²) in [6, 6.07) is 10.5. The molecule has 0 saturated heterocycles. The van der Waals surface area contributed by atoms with Gasteiger partial charge >= 0.3 is 0 Å². The molecule has 0 radical (unpaired) electrons. The highest BCUT2D eigenvalue weighted by atomic mass is 16.2. The Morgan fingerprint density at radius 2 is 2.10 bits per heavy atom. The van der Waals surface area contributed by atoms with Crippen LogP contribution in [-0.4, -0.2) is 21.7 Å². The van der Waals surface area contributed by atoms with Gasteiger partial charge in [0.2, 0.25) is 5.91 Å². The molecule has 5 heteroatoms. The zero-order valence-electron chi connectivity index (χ0n) is 12.3. The van der Waals surface area contributed by atoms with Crippen LogP contribution in [0.15, 0.2) is 30.3 Å². The maximum absolute atomic E-state index is 12.1. The molecule has 1 amide bonds. The second-order valence-electron chi connectivity index (χ2n) is 5.67. The number of hydrogen-bond donors (Lipinski definition) is 2. The molecule has 1 aromatic carbocycles. The summed E-state index contributed by atoms with van der Waals surface area (Å²) in [7, 11) is 0. The Hall–Kier alpha value is -2.30. The van der Waals surface area contributed by atoms with Gasteiger partial charge in [0.25, 0.3) is 0 Å². The van der Waals surface area contributed by atoms with Gasteiger partial charge < -0.3 is 11.1 Å². The highest BCUT2D eigenvalue weighted by Gasteiger charge is 2.39. The molecule has 5 nitrogen and oxygen atoms in total. The number of anilines is 1. The zero-order valence-corrected chi connectivity index (χ0v) is 12.3. The Morgan fingerprint density at radius 3 is 2.71 bits per heavy atom. The Bertz CT molecular complexity index is 662. The van der Waals surface area contributed by atoms with Gasteiger partial charge in [-0.05, 0) is 25.8 Å². The number of aromatic nitrogens is 2. The molecule has 21 heavy (non-hydrogen) atoms. The van der Waals surface area contributed by atoms with Crippen molar-refractivity contribution in [1.29, 1.82) is 0 Å². The summed E-state index contributed by atoms with van der Waals surface area (Å²) in [5.74, 6) is 0.435. The molecular weight excluding hydrogens is 264 g/mol. The van der Waals surface area contributed by atoms with Crippen molar-refractivity contribution >= 4 is 11.6 Å². The van der Waals surface area contributed by atoms with E-state index in [2.05, 4.69) is 22.5 Å². The fraction of sp³-hybridized carbons (Fsp3) is 0.375. The summed E-state index contributed by atoms with van der Waals surface area (Å²) >= 11 is 0. The van der Waals surface area contributed by atoms with Gasteiger partial charge in [0.15, 0.2) is 0 Å². The predicted octanol–water partition coefficient (Wildman–Crippen LogP) is 1.75. The zero-order chi connectivity index (χ0) is 15.0. The van der Waals surface area contributed by atoms with Gasteiger partial charge in [0.1, 0.15) is 6.54 Å². The number of nitrogens with two attached hydrogens (primary N) is 1. The van der Waals surface area contributed by atoms with E-state index in [4.69, 9.17) is 5.73 Å². The van der Waals surface area contributed by atoms with Gasteiger partial charge in [-0.1, -0.05) is 30.3 Å². The van der Waals surface area contributed by atoms with Crippen LogP contribution in [0.3, 0.4) is 0 Å². The SMILES string of the molecule is Cc1nn(CC(=O)NC2CC2c2ccccc2)c(C)c1N. The number of nitrogen functional groups attached to an aromatic ring is 1. The van der Waals surface area contributed by atoms with Crippen molar-refractivity contribution in [2.45, 2.75) is 38.8 Å². The summed E-state index contributed by atoms with van der Waals surface area (Å²) in [6.45, 7) is 3.96. The third-order valence-electron chi connectivity index (χ3n) is 4.10. The average Bonchev–Trinajstić information content (AvgIpc) is 3.19. The van der Waals surface area contributed by atoms with Gasteiger partial charge in [-0.3, -0.25) is 9.48 Å². The highest BCUT2D eigenvalue weighted by Crippen LogP contribution is 2.40. The van der Waals surface area contributed by atoms with Crippen molar-refractivity contribution in [2.75, 3.05) is 5.73 Å². The lowest BCUT2D eigenvalue weighted by atomic mass is 10.1. The van der Waals surface area contributed by atoms with Crippen LogP contribution in [0.4, 0.5) is 5.69 Å². The Labute approximate surface area is 124 Å². The van der Waals surface area contributed by atoms with E-state index in [1.807, 2.05) is 32.0 Å². The van der Waals surface area contributed by atoms with E-state index >= 15 is 0 Å². The van der Waals surface area contributed by atoms with Crippen LogP contribution in [0.25, 0.3) is 0 Å². The number of hydrogen-bond acceptors (Lipinski definition) is 3. The molecule has 2 unspecified atom stereocenters. The monoisotopic (exact) mass is 284 g/mol. The van der Waals surface area contributed by atoms with E-state index < -0.39 is 0 Å². The first-order valence-corrected chi connectivity index (χ1v) is 7.20. The number of benzene rings is 1. The maximum Gasteiger partial charge on any atom is 0.241 e. The lowest BCUT2D eigenvalue weighted by molar-refractivity contribution is -0.122. The second kappa shape index (κ2) is 5.24. The standard InChI is InChI=1S/C16H20N4O/c1-10-16(17)11(2)20(19-10)9-15(21)18-14-8-13(14)12-6-4-3-5-7-12/h3-7,13-14H,8-9,17H2,1-2H3,(H,18,21). The van der Waals surface area contributed by atoms with E-state index in [-0.39, 0.29) is 18.5 Å². The quantitative estimate of drug-likeness (QED) is 0.898. The van der Waals surface area contributed by atoms with Crippen molar-refractivity contribution in [1.82, 2.24) is 15.1 Å². The fourth-order valence-electron chi connectivity index (χ4n) is 2.68. The first kappa shape index (κ1) is 13.7. The molecule has 0 spiro atoms. The normalized spacial score (nSPS) is 20.3. The van der Waals surface area contributed by atoms with Gasteiger partial charge in [-0.25, -0.2) is 0 Å². The Kier molecular flexibility index (Phi) is 3.41. The molecule has 1 aliphatic carbocycles. The highest BCUT2D eigenvalue weighted by molar-refractivity contribution is 5.77. The average molecular weight is 284 g/mol. The van der Waals surface area contributed by atoms with Gasteiger partial charge in [0.05, 0.1) is 17.1 Å². The molecule has 1 aromatic heterocycles. The number of carbonyl (C=O) groups excluding carboxylic acids is 1. The van der Waals surface area contributed by atoms with Crippen molar-refractivity contribution in [2.24, 2.45) is 0 Å².